The Balaban J connectivity index is 0.000000491. The van der Waals surface area contributed by atoms with E-state index in [1.165, 1.54) is 10.8 Å². The van der Waals surface area contributed by atoms with Crippen LogP contribution in [0.1, 0.15) is 18.2 Å². The van der Waals surface area contributed by atoms with Gasteiger partial charge in [0.1, 0.15) is 12.3 Å². The van der Waals surface area contributed by atoms with E-state index in [4.69, 9.17) is 24.9 Å². The highest BCUT2D eigenvalue weighted by Gasteiger charge is 2.34. The number of nitrogens with zero attached hydrogens (tertiary/aromatic N) is 1. The number of nitrogens with one attached hydrogen (secondary N) is 1. The predicted octanol–water partition coefficient (Wildman–Crippen LogP) is -1.29. The van der Waals surface area contributed by atoms with E-state index in [1.807, 2.05) is 0 Å². The van der Waals surface area contributed by atoms with Crippen molar-refractivity contribution in [3.05, 3.63) is 32.6 Å². The molecule has 0 spiro atoms. The van der Waals surface area contributed by atoms with Crippen LogP contribution >= 0.6 is 0 Å². The second-order valence-corrected chi connectivity index (χ2v) is 4.38. The molecule has 2 rings (SSSR count). The maximum absolute atomic E-state index is 11.6. The van der Waals surface area contributed by atoms with E-state index in [-0.39, 0.29) is 13.0 Å². The van der Waals surface area contributed by atoms with Crippen LogP contribution in [0, 0.1) is 6.92 Å². The second kappa shape index (κ2) is 7.02. The molecule has 5 N–H and O–H groups in total. The number of aliphatic hydroxyl groups is 2. The maximum Gasteiger partial charge on any atom is 0.503 e. The monoisotopic (exact) mass is 304 g/mol. The molecule has 1 aliphatic rings. The lowest BCUT2D eigenvalue weighted by Gasteiger charge is -2.14. The van der Waals surface area contributed by atoms with Crippen molar-refractivity contribution in [2.24, 2.45) is 0 Å². The fraction of sp³-hybridized carbons (Fsp3) is 0.545. The highest BCUT2D eigenvalue weighted by Crippen LogP contribution is 2.27. The third-order valence-electron chi connectivity index (χ3n) is 2.84. The molecule has 10 nitrogen and oxygen atoms in total. The smallest absolute Gasteiger partial charge is 0.450 e. The van der Waals surface area contributed by atoms with Crippen LogP contribution in [0.4, 0.5) is 4.79 Å². The largest absolute Gasteiger partial charge is 0.503 e. The molecule has 21 heavy (non-hydrogen) atoms. The van der Waals surface area contributed by atoms with Crippen molar-refractivity contribution >= 4 is 6.16 Å². The van der Waals surface area contributed by atoms with Gasteiger partial charge in [0, 0.05) is 18.2 Å². The van der Waals surface area contributed by atoms with Crippen molar-refractivity contribution in [3.63, 3.8) is 0 Å². The first-order valence-electron chi connectivity index (χ1n) is 5.94. The fourth-order valence-corrected chi connectivity index (χ4v) is 1.85. The number of ether oxygens (including phenoxy) is 1. The molecular weight excluding hydrogens is 288 g/mol. The van der Waals surface area contributed by atoms with Crippen molar-refractivity contribution < 1.29 is 30.0 Å². The summed E-state index contributed by atoms with van der Waals surface area (Å²) in [6.07, 6.45) is -2.41. The van der Waals surface area contributed by atoms with Gasteiger partial charge >= 0.3 is 11.8 Å². The Labute approximate surface area is 117 Å². The number of carboxylic acid groups (broad SMARTS) is 2. The number of aryl methyl sites for hydroxylation is 1. The fourth-order valence-electron chi connectivity index (χ4n) is 1.85. The topological polar surface area (TPSA) is 162 Å². The van der Waals surface area contributed by atoms with E-state index in [2.05, 4.69) is 4.98 Å². The van der Waals surface area contributed by atoms with Crippen LogP contribution < -0.4 is 11.2 Å². The Bertz CT molecular complexity index is 603. The van der Waals surface area contributed by atoms with Crippen LogP contribution in [0.25, 0.3) is 0 Å². The zero-order valence-electron chi connectivity index (χ0n) is 11.1. The molecule has 1 aliphatic heterocycles. The summed E-state index contributed by atoms with van der Waals surface area (Å²) in [5.74, 6) is 0. The average molecular weight is 304 g/mol. The lowest BCUT2D eigenvalue weighted by atomic mass is 10.2. The molecule has 0 aromatic carbocycles. The number of carbonyl (C=O) groups is 1. The van der Waals surface area contributed by atoms with Crippen LogP contribution in [-0.2, 0) is 4.74 Å². The van der Waals surface area contributed by atoms with Gasteiger partial charge in [-0.1, -0.05) is 0 Å². The molecule has 118 valence electrons. The van der Waals surface area contributed by atoms with Gasteiger partial charge < -0.3 is 25.2 Å². The molecule has 3 atom stereocenters. The lowest BCUT2D eigenvalue weighted by Crippen LogP contribution is -2.33. The van der Waals surface area contributed by atoms with Crippen molar-refractivity contribution in [2.45, 2.75) is 31.8 Å². The third-order valence-corrected chi connectivity index (χ3v) is 2.84. The molecule has 0 amide bonds. The molecule has 1 aromatic heterocycles. The number of aliphatic hydroxyl groups excluding tert-OH is 2. The Morgan fingerprint density at radius 3 is 2.52 bits per heavy atom. The van der Waals surface area contributed by atoms with E-state index >= 15 is 0 Å². The minimum Gasteiger partial charge on any atom is -0.450 e. The Kier molecular flexibility index (Phi) is 5.64. The van der Waals surface area contributed by atoms with Crippen LogP contribution in [0.3, 0.4) is 0 Å². The average Bonchev–Trinajstić information content (AvgIpc) is 2.74. The first-order chi connectivity index (χ1) is 9.76. The van der Waals surface area contributed by atoms with E-state index in [1.54, 1.807) is 6.92 Å². The van der Waals surface area contributed by atoms with Crippen LogP contribution in [0.2, 0.25) is 0 Å². The number of aromatic nitrogens is 2. The summed E-state index contributed by atoms with van der Waals surface area (Å²) >= 11 is 0. The van der Waals surface area contributed by atoms with Crippen molar-refractivity contribution in [1.29, 1.82) is 0 Å². The summed E-state index contributed by atoms with van der Waals surface area (Å²) in [6.45, 7) is 1.26. The van der Waals surface area contributed by atoms with Crippen LogP contribution in [0.15, 0.2) is 15.8 Å². The Morgan fingerprint density at radius 1 is 1.48 bits per heavy atom. The molecule has 2 heterocycles. The Hall–Kier alpha value is -2.17. The molecule has 1 fully saturated rings. The van der Waals surface area contributed by atoms with Gasteiger partial charge in [0.25, 0.3) is 5.56 Å². The number of aromatic amines is 1. The molecule has 10 heteroatoms. The summed E-state index contributed by atoms with van der Waals surface area (Å²) in [7, 11) is 0. The lowest BCUT2D eigenvalue weighted by molar-refractivity contribution is -0.0459. The van der Waals surface area contributed by atoms with Crippen molar-refractivity contribution in [3.8, 4) is 0 Å². The summed E-state index contributed by atoms with van der Waals surface area (Å²) in [4.78, 5) is 33.5. The summed E-state index contributed by atoms with van der Waals surface area (Å²) in [5, 5.41) is 32.4. The minimum absolute atomic E-state index is 0.205. The van der Waals surface area contributed by atoms with Crippen molar-refractivity contribution in [1.82, 2.24) is 9.55 Å². The predicted molar refractivity (Wildman–Crippen MR) is 68.3 cm³/mol. The number of hydrogen-bond donors (Lipinski definition) is 5. The summed E-state index contributed by atoms with van der Waals surface area (Å²) in [6, 6.07) is 0. The number of rotatable bonds is 2. The van der Waals surface area contributed by atoms with Gasteiger partial charge in [0.05, 0.1) is 12.7 Å². The van der Waals surface area contributed by atoms with E-state index in [0.717, 1.165) is 0 Å². The van der Waals surface area contributed by atoms with Gasteiger partial charge in [-0.05, 0) is 6.92 Å². The minimum atomic E-state index is -1.83. The number of H-pyrrole nitrogens is 1. The van der Waals surface area contributed by atoms with Gasteiger partial charge in [0.15, 0.2) is 0 Å². The van der Waals surface area contributed by atoms with Gasteiger partial charge in [-0.2, -0.15) is 0 Å². The van der Waals surface area contributed by atoms with Gasteiger partial charge in [-0.15, -0.1) is 0 Å². The highest BCUT2D eigenvalue weighted by molar-refractivity contribution is 5.53. The third kappa shape index (κ3) is 4.41. The summed E-state index contributed by atoms with van der Waals surface area (Å²) in [5.41, 5.74) is -0.643. The SMILES string of the molecule is Cc1cn([C@H]2C[C@H](O)[C@@H](CO)O2)c(=O)[nH]c1=O.O=C(O)O. The Morgan fingerprint density at radius 2 is 2.05 bits per heavy atom. The second-order valence-electron chi connectivity index (χ2n) is 4.38. The molecule has 0 saturated carbocycles. The van der Waals surface area contributed by atoms with E-state index in [0.29, 0.717) is 5.56 Å². The quantitative estimate of drug-likeness (QED) is 0.450. The van der Waals surface area contributed by atoms with E-state index in [9.17, 15) is 14.7 Å². The van der Waals surface area contributed by atoms with Crippen LogP contribution in [0.5, 0.6) is 0 Å². The molecule has 0 aliphatic carbocycles. The zero-order valence-corrected chi connectivity index (χ0v) is 11.1. The zero-order chi connectivity index (χ0) is 16.2. The molecular formula is C11H16N2O8. The first-order valence-corrected chi connectivity index (χ1v) is 5.94. The molecule has 0 radical (unpaired) electrons. The molecule has 0 bridgehead atoms. The van der Waals surface area contributed by atoms with Crippen LogP contribution in [-0.4, -0.2) is 54.9 Å². The molecule has 1 aromatic rings. The normalized spacial score (nSPS) is 24.2. The molecule has 1 saturated heterocycles. The van der Waals surface area contributed by atoms with Gasteiger partial charge in [-0.3, -0.25) is 14.3 Å². The first kappa shape index (κ1) is 16.9. The van der Waals surface area contributed by atoms with Gasteiger partial charge in [-0.25, -0.2) is 9.59 Å². The van der Waals surface area contributed by atoms with E-state index < -0.39 is 35.8 Å². The number of hydrogen-bond acceptors (Lipinski definition) is 6. The van der Waals surface area contributed by atoms with Gasteiger partial charge in [0.2, 0.25) is 0 Å². The highest BCUT2D eigenvalue weighted by atomic mass is 16.6. The standard InChI is InChI=1S/C10H14N2O5.CH2O3/c1-5-3-12(10(16)11-9(5)15)8-2-6(14)7(4-13)17-8;2-1(3)4/h3,6-8,13-14H,2,4H2,1H3,(H,11,15,16);(H2,2,3,4)/t6-,7+,8+;/m0./s1. The molecule has 0 unspecified atom stereocenters. The maximum atomic E-state index is 11.6. The summed E-state index contributed by atoms with van der Waals surface area (Å²) < 4.78 is 6.54. The van der Waals surface area contributed by atoms with Crippen molar-refractivity contribution in [2.75, 3.05) is 6.61 Å².